The Morgan fingerprint density at radius 2 is 1.60 bits per heavy atom. The van der Waals surface area contributed by atoms with E-state index in [1.165, 1.54) is 49.9 Å². The van der Waals surface area contributed by atoms with Crippen molar-refractivity contribution in [3.05, 3.63) is 65.5 Å². The number of benzene rings is 3. The summed E-state index contributed by atoms with van der Waals surface area (Å²) in [6.07, 6.45) is 4.16. The SMILES string of the molecule is CCCCC[C@H]1CC[C@H](c2ccc(-c3ccc4c(F)c(OC(F)(F)F)c(F)cc4c3)c(F)c2)CC1. The molecule has 1 saturated carbocycles. The molecule has 3 aromatic carbocycles. The minimum absolute atomic E-state index is 0.0110. The van der Waals surface area contributed by atoms with Crippen molar-refractivity contribution >= 4 is 10.8 Å². The molecule has 0 radical (unpaired) electrons. The lowest BCUT2D eigenvalue weighted by Crippen LogP contribution is -2.19. The Labute approximate surface area is 201 Å². The molecule has 4 rings (SSSR count). The Hall–Kier alpha value is -2.70. The fraction of sp³-hybridized carbons (Fsp3) is 0.429. The monoisotopic (exact) mass is 494 g/mol. The van der Waals surface area contributed by atoms with Gasteiger partial charge < -0.3 is 4.74 Å². The van der Waals surface area contributed by atoms with Crippen molar-refractivity contribution < 1.29 is 31.1 Å². The Morgan fingerprint density at radius 3 is 2.26 bits per heavy atom. The molecule has 0 aromatic heterocycles. The molecular formula is C28H28F6O. The highest BCUT2D eigenvalue weighted by molar-refractivity contribution is 5.89. The van der Waals surface area contributed by atoms with E-state index in [1.807, 2.05) is 6.07 Å². The average molecular weight is 495 g/mol. The van der Waals surface area contributed by atoms with Crippen LogP contribution in [0, 0.1) is 23.4 Å². The second-order valence-electron chi connectivity index (χ2n) is 9.44. The third-order valence-corrected chi connectivity index (χ3v) is 7.04. The van der Waals surface area contributed by atoms with E-state index >= 15 is 4.39 Å². The minimum Gasteiger partial charge on any atom is -0.399 e. The zero-order valence-corrected chi connectivity index (χ0v) is 19.5. The molecule has 0 aliphatic heterocycles. The van der Waals surface area contributed by atoms with Crippen LogP contribution in [0.2, 0.25) is 0 Å². The number of hydrogen-bond acceptors (Lipinski definition) is 1. The summed E-state index contributed by atoms with van der Waals surface area (Å²) in [6, 6.07) is 9.81. The van der Waals surface area contributed by atoms with Crippen LogP contribution >= 0.6 is 0 Å². The Kier molecular flexibility index (Phi) is 7.62. The summed E-state index contributed by atoms with van der Waals surface area (Å²) in [5, 5.41) is -0.237. The number of alkyl halides is 3. The summed E-state index contributed by atoms with van der Waals surface area (Å²) in [5.41, 5.74) is 1.59. The average Bonchev–Trinajstić information content (AvgIpc) is 2.81. The highest BCUT2D eigenvalue weighted by Gasteiger charge is 2.34. The van der Waals surface area contributed by atoms with Crippen LogP contribution in [0.3, 0.4) is 0 Å². The number of fused-ring (bicyclic) bond motifs is 1. The molecule has 1 aliphatic carbocycles. The highest BCUT2D eigenvalue weighted by atomic mass is 19.4. The van der Waals surface area contributed by atoms with Gasteiger partial charge in [-0.3, -0.25) is 0 Å². The zero-order valence-electron chi connectivity index (χ0n) is 19.5. The summed E-state index contributed by atoms with van der Waals surface area (Å²) in [7, 11) is 0. The van der Waals surface area contributed by atoms with Gasteiger partial charge in [0.15, 0.2) is 11.6 Å². The molecule has 188 valence electrons. The Balaban J connectivity index is 1.53. The van der Waals surface area contributed by atoms with Gasteiger partial charge in [0, 0.05) is 10.9 Å². The predicted molar refractivity (Wildman–Crippen MR) is 125 cm³/mol. The molecule has 0 saturated heterocycles. The maximum atomic E-state index is 15.1. The fourth-order valence-corrected chi connectivity index (χ4v) is 5.17. The van der Waals surface area contributed by atoms with Crippen molar-refractivity contribution in [2.24, 2.45) is 5.92 Å². The summed E-state index contributed by atoms with van der Waals surface area (Å²) in [5.74, 6) is -3.82. The number of unbranched alkanes of at least 4 members (excludes halogenated alkanes) is 2. The molecule has 1 fully saturated rings. The number of ether oxygens (including phenoxy) is 1. The van der Waals surface area contributed by atoms with Gasteiger partial charge in [-0.15, -0.1) is 13.2 Å². The van der Waals surface area contributed by atoms with Crippen LogP contribution in [0.25, 0.3) is 21.9 Å². The van der Waals surface area contributed by atoms with Gasteiger partial charge in [-0.05, 0) is 72.2 Å². The number of halogens is 6. The maximum Gasteiger partial charge on any atom is 0.573 e. The van der Waals surface area contributed by atoms with Crippen LogP contribution < -0.4 is 4.74 Å². The van der Waals surface area contributed by atoms with E-state index < -0.39 is 29.6 Å². The van der Waals surface area contributed by atoms with Crippen LogP contribution in [0.15, 0.2) is 42.5 Å². The third kappa shape index (κ3) is 5.93. The van der Waals surface area contributed by atoms with Crippen molar-refractivity contribution in [2.75, 3.05) is 0 Å². The van der Waals surface area contributed by atoms with Gasteiger partial charge in [0.2, 0.25) is 5.75 Å². The molecule has 0 bridgehead atoms. The fourth-order valence-electron chi connectivity index (χ4n) is 5.17. The molecule has 0 heterocycles. The molecular weight excluding hydrogens is 466 g/mol. The van der Waals surface area contributed by atoms with Gasteiger partial charge in [-0.2, -0.15) is 0 Å². The second kappa shape index (κ2) is 10.5. The zero-order chi connectivity index (χ0) is 25.2. The van der Waals surface area contributed by atoms with E-state index in [4.69, 9.17) is 0 Å². The van der Waals surface area contributed by atoms with Crippen molar-refractivity contribution in [1.29, 1.82) is 0 Å². The molecule has 3 aromatic rings. The van der Waals surface area contributed by atoms with E-state index in [-0.39, 0.29) is 16.3 Å². The summed E-state index contributed by atoms with van der Waals surface area (Å²) in [4.78, 5) is 0. The summed E-state index contributed by atoms with van der Waals surface area (Å²) in [6.45, 7) is 2.20. The van der Waals surface area contributed by atoms with Crippen LogP contribution in [0.1, 0.15) is 69.8 Å². The van der Waals surface area contributed by atoms with E-state index in [0.29, 0.717) is 11.5 Å². The van der Waals surface area contributed by atoms with Crippen molar-refractivity contribution in [2.45, 2.75) is 70.6 Å². The van der Waals surface area contributed by atoms with E-state index in [9.17, 15) is 22.0 Å². The first-order valence-corrected chi connectivity index (χ1v) is 12.1. The molecule has 0 amide bonds. The van der Waals surface area contributed by atoms with Gasteiger partial charge in [0.25, 0.3) is 0 Å². The van der Waals surface area contributed by atoms with Crippen LogP contribution in [-0.2, 0) is 0 Å². The molecule has 1 nitrogen and oxygen atoms in total. The third-order valence-electron chi connectivity index (χ3n) is 7.04. The van der Waals surface area contributed by atoms with Crippen LogP contribution in [-0.4, -0.2) is 6.36 Å². The molecule has 7 heteroatoms. The summed E-state index contributed by atoms with van der Waals surface area (Å²) < 4.78 is 84.7. The molecule has 0 atom stereocenters. The lowest BCUT2D eigenvalue weighted by atomic mass is 9.77. The maximum absolute atomic E-state index is 15.1. The smallest absolute Gasteiger partial charge is 0.399 e. The number of rotatable bonds is 7. The normalized spacial score (nSPS) is 18.7. The Morgan fingerprint density at radius 1 is 0.857 bits per heavy atom. The van der Waals surface area contributed by atoms with Gasteiger partial charge in [0.05, 0.1) is 0 Å². The van der Waals surface area contributed by atoms with Crippen molar-refractivity contribution in [3.8, 4) is 16.9 Å². The first-order chi connectivity index (χ1) is 16.7. The molecule has 1 aliphatic rings. The minimum atomic E-state index is -5.23. The molecule has 0 spiro atoms. The van der Waals surface area contributed by atoms with E-state index in [1.54, 1.807) is 6.07 Å². The first-order valence-electron chi connectivity index (χ1n) is 12.1. The standard InChI is InChI=1S/C28H28F6O/c1-2-3-4-5-17-6-8-18(9-7-17)19-10-12-22(24(29)15-19)20-11-13-23-21(14-20)16-25(30)27(26(23)31)35-28(32,33)34/h10-18H,2-9H2,1H3/t17-,18-. The first kappa shape index (κ1) is 25.4. The Bertz CT molecular complexity index is 1180. The molecule has 0 unspecified atom stereocenters. The van der Waals surface area contributed by atoms with Crippen LogP contribution in [0.4, 0.5) is 26.3 Å². The predicted octanol–water partition coefficient (Wildman–Crippen LogP) is 9.68. The quantitative estimate of drug-likeness (QED) is 0.235. The molecule has 35 heavy (non-hydrogen) atoms. The van der Waals surface area contributed by atoms with Crippen molar-refractivity contribution in [1.82, 2.24) is 0 Å². The highest BCUT2D eigenvalue weighted by Crippen LogP contribution is 2.40. The van der Waals surface area contributed by atoms with E-state index in [0.717, 1.165) is 43.2 Å². The second-order valence-corrected chi connectivity index (χ2v) is 9.44. The topological polar surface area (TPSA) is 9.23 Å². The van der Waals surface area contributed by atoms with Gasteiger partial charge in [-0.25, -0.2) is 13.2 Å². The van der Waals surface area contributed by atoms with Crippen molar-refractivity contribution in [3.63, 3.8) is 0 Å². The van der Waals surface area contributed by atoms with Gasteiger partial charge in [-0.1, -0.05) is 56.9 Å². The van der Waals surface area contributed by atoms with Gasteiger partial charge in [0.1, 0.15) is 5.82 Å². The lowest BCUT2D eigenvalue weighted by Gasteiger charge is -2.29. The summed E-state index contributed by atoms with van der Waals surface area (Å²) >= 11 is 0. The van der Waals surface area contributed by atoms with E-state index in [2.05, 4.69) is 11.7 Å². The largest absolute Gasteiger partial charge is 0.573 e. The molecule has 0 N–H and O–H groups in total. The van der Waals surface area contributed by atoms with Crippen LogP contribution in [0.5, 0.6) is 5.75 Å². The van der Waals surface area contributed by atoms with Gasteiger partial charge >= 0.3 is 6.36 Å². The lowest BCUT2D eigenvalue weighted by molar-refractivity contribution is -0.276. The number of hydrogen-bond donors (Lipinski definition) is 0.